The van der Waals surface area contributed by atoms with Gasteiger partial charge < -0.3 is 13.8 Å². The van der Waals surface area contributed by atoms with Crippen LogP contribution in [0.15, 0.2) is 59.5 Å². The van der Waals surface area contributed by atoms with Crippen LogP contribution in [0.2, 0.25) is 0 Å². The summed E-state index contributed by atoms with van der Waals surface area (Å²) in [6, 6.07) is 7.34. The van der Waals surface area contributed by atoms with Gasteiger partial charge in [-0.1, -0.05) is 12.2 Å². The average Bonchev–Trinajstić information content (AvgIpc) is 3.30. The minimum Gasteiger partial charge on any atom is -0.490 e. The number of nitrogens with two attached hydrogens (primary N) is 1. The number of primary sulfonamides is 1. The van der Waals surface area contributed by atoms with Gasteiger partial charge in [-0.25, -0.2) is 18.2 Å². The molecule has 14 heteroatoms. The van der Waals surface area contributed by atoms with Crippen molar-refractivity contribution in [3.63, 3.8) is 0 Å². The van der Waals surface area contributed by atoms with Crippen LogP contribution in [0.4, 0.5) is 13.2 Å². The van der Waals surface area contributed by atoms with Crippen LogP contribution < -0.4 is 9.88 Å². The molecule has 0 amide bonds. The third-order valence-electron chi connectivity index (χ3n) is 5.37. The lowest BCUT2D eigenvalue weighted by Crippen LogP contribution is -2.17. The number of rotatable bonds is 12. The number of allylic oxidation sites excluding steroid dienone is 5. The van der Waals surface area contributed by atoms with Gasteiger partial charge in [-0.2, -0.15) is 18.3 Å². The fraction of sp³-hybridized carbons (Fsp3) is 0.375. The highest BCUT2D eigenvalue weighted by Crippen LogP contribution is 2.47. The summed E-state index contributed by atoms with van der Waals surface area (Å²) in [5.41, 5.74) is -0.0429. The molecule has 0 saturated heterocycles. The highest BCUT2D eigenvalue weighted by atomic mass is 32.2. The molecule has 38 heavy (non-hydrogen) atoms. The molecule has 0 fully saturated rings. The number of ether oxygens (including phenoxy) is 1. The summed E-state index contributed by atoms with van der Waals surface area (Å²) >= 11 is 0. The second-order valence-electron chi connectivity index (χ2n) is 8.10. The molecule has 0 saturated carbocycles. The van der Waals surface area contributed by atoms with Crippen molar-refractivity contribution in [2.75, 3.05) is 26.0 Å². The quantitative estimate of drug-likeness (QED) is 0.259. The second kappa shape index (κ2) is 12.4. The zero-order valence-electron chi connectivity index (χ0n) is 20.8. The topological polar surface area (TPSA) is 123 Å². The highest BCUT2D eigenvalue weighted by Gasteiger charge is 2.35. The van der Waals surface area contributed by atoms with Crippen molar-refractivity contribution in [3.05, 3.63) is 65.2 Å². The normalized spacial score (nSPS) is 15.0. The Labute approximate surface area is 219 Å². The van der Waals surface area contributed by atoms with Crippen LogP contribution in [0, 0.1) is 0 Å². The van der Waals surface area contributed by atoms with Gasteiger partial charge in [0.15, 0.2) is 5.69 Å². The molecule has 2 aromatic rings. The number of aromatic nitrogens is 2. The van der Waals surface area contributed by atoms with Gasteiger partial charge in [0.25, 0.3) is 0 Å². The van der Waals surface area contributed by atoms with E-state index in [4.69, 9.17) is 18.9 Å². The van der Waals surface area contributed by atoms with E-state index in [-0.39, 0.29) is 49.4 Å². The van der Waals surface area contributed by atoms with Crippen LogP contribution in [0.5, 0.6) is 5.75 Å². The van der Waals surface area contributed by atoms with Crippen LogP contribution in [0.1, 0.15) is 32.4 Å². The summed E-state index contributed by atoms with van der Waals surface area (Å²) in [4.78, 5) is 0.000137. The van der Waals surface area contributed by atoms with E-state index in [1.807, 2.05) is 0 Å². The second-order valence-corrected chi connectivity index (χ2v) is 11.8. The zero-order valence-corrected chi connectivity index (χ0v) is 22.6. The van der Waals surface area contributed by atoms with Gasteiger partial charge in [0, 0.05) is 11.3 Å². The Morgan fingerprint density at radius 3 is 2.26 bits per heavy atom. The monoisotopic (exact) mass is 575 g/mol. The molecule has 1 aromatic carbocycles. The van der Waals surface area contributed by atoms with Crippen molar-refractivity contribution in [1.29, 1.82) is 0 Å². The first-order valence-electron chi connectivity index (χ1n) is 11.7. The standard InChI is InChI=1S/C24H29F3N3O6PS/c1-3-35-37(31,36-4-2)16-6-5-15-34-20-11-7-18(8-12-20)22-17-23(24(25,26)27)29-30(22)19-9-13-21(14-10-19)38(28,32)33/h5-9,11-13,17H,3-4,10,14-16H2,1-2H3,(H2,28,32,33)/b6-5+. The maximum absolute atomic E-state index is 13.4. The number of hydrogen-bond acceptors (Lipinski definition) is 7. The number of sulfonamides is 1. The molecule has 0 unspecified atom stereocenters. The molecule has 1 heterocycles. The predicted molar refractivity (Wildman–Crippen MR) is 138 cm³/mol. The summed E-state index contributed by atoms with van der Waals surface area (Å²) < 4.78 is 93.1. The first-order chi connectivity index (χ1) is 17.9. The van der Waals surface area contributed by atoms with E-state index in [0.717, 1.165) is 10.7 Å². The Bertz CT molecular complexity index is 1360. The summed E-state index contributed by atoms with van der Waals surface area (Å²) in [6.07, 6.45) is 1.62. The summed E-state index contributed by atoms with van der Waals surface area (Å²) in [5.74, 6) is 0.468. The van der Waals surface area contributed by atoms with Crippen LogP contribution in [-0.2, 0) is 29.8 Å². The van der Waals surface area contributed by atoms with Crippen molar-refractivity contribution >= 4 is 23.3 Å². The maximum Gasteiger partial charge on any atom is 0.435 e. The smallest absolute Gasteiger partial charge is 0.435 e. The largest absolute Gasteiger partial charge is 0.490 e. The number of benzene rings is 1. The van der Waals surface area contributed by atoms with E-state index >= 15 is 0 Å². The Balaban J connectivity index is 1.76. The summed E-state index contributed by atoms with van der Waals surface area (Å²) in [6.45, 7) is 4.15. The fourth-order valence-electron chi connectivity index (χ4n) is 3.64. The van der Waals surface area contributed by atoms with E-state index in [0.29, 0.717) is 17.0 Å². The molecule has 3 rings (SSSR count). The Morgan fingerprint density at radius 2 is 1.74 bits per heavy atom. The van der Waals surface area contributed by atoms with Crippen LogP contribution >= 0.6 is 7.60 Å². The maximum atomic E-state index is 13.4. The van der Waals surface area contributed by atoms with Gasteiger partial charge >= 0.3 is 13.8 Å². The minimum absolute atomic E-state index is 0.000137. The van der Waals surface area contributed by atoms with Crippen molar-refractivity contribution in [3.8, 4) is 17.0 Å². The lowest BCUT2D eigenvalue weighted by molar-refractivity contribution is -0.141. The Kier molecular flexibility index (Phi) is 9.77. The van der Waals surface area contributed by atoms with Crippen molar-refractivity contribution in [2.45, 2.75) is 32.9 Å². The van der Waals surface area contributed by atoms with Gasteiger partial charge in [0.2, 0.25) is 10.0 Å². The molecule has 0 atom stereocenters. The Morgan fingerprint density at radius 1 is 1.08 bits per heavy atom. The number of nitrogens with zero attached hydrogens (tertiary/aromatic N) is 2. The number of hydrogen-bond donors (Lipinski definition) is 1. The molecule has 2 N–H and O–H groups in total. The van der Waals surface area contributed by atoms with E-state index in [2.05, 4.69) is 5.10 Å². The van der Waals surface area contributed by atoms with Crippen molar-refractivity contribution < 1.29 is 39.9 Å². The van der Waals surface area contributed by atoms with Crippen LogP contribution in [-0.4, -0.2) is 44.2 Å². The van der Waals surface area contributed by atoms with Gasteiger partial charge in [-0.05, 0) is 69.2 Å². The molecular formula is C24H29F3N3O6PS. The lowest BCUT2D eigenvalue weighted by atomic mass is 10.1. The molecule has 9 nitrogen and oxygen atoms in total. The zero-order chi connectivity index (χ0) is 28.0. The fourth-order valence-corrected chi connectivity index (χ4v) is 5.76. The molecule has 0 aliphatic heterocycles. The predicted octanol–water partition coefficient (Wildman–Crippen LogP) is 5.58. The average molecular weight is 576 g/mol. The third-order valence-corrected chi connectivity index (χ3v) is 8.40. The highest BCUT2D eigenvalue weighted by molar-refractivity contribution is 7.93. The molecule has 208 valence electrons. The first-order valence-corrected chi connectivity index (χ1v) is 15.0. The first kappa shape index (κ1) is 29.9. The molecule has 1 aliphatic rings. The van der Waals surface area contributed by atoms with E-state index in [9.17, 15) is 26.2 Å². The van der Waals surface area contributed by atoms with Crippen molar-refractivity contribution in [1.82, 2.24) is 9.78 Å². The van der Waals surface area contributed by atoms with Crippen LogP contribution in [0.25, 0.3) is 17.0 Å². The molecule has 1 aromatic heterocycles. The van der Waals surface area contributed by atoms with Gasteiger partial charge in [-0.3, -0.25) is 4.57 Å². The molecule has 0 radical (unpaired) electrons. The SMILES string of the molecule is CCOP(=O)(C/C=C/COc1ccc(-c2cc(C(F)(F)F)nn2C2=CC=C(S(N)(=O)=O)CC2)cc1)OCC. The number of halogens is 3. The van der Waals surface area contributed by atoms with Gasteiger partial charge in [-0.15, -0.1) is 0 Å². The van der Waals surface area contributed by atoms with Crippen molar-refractivity contribution in [2.24, 2.45) is 5.14 Å². The van der Waals surface area contributed by atoms with Gasteiger partial charge in [0.1, 0.15) is 12.4 Å². The minimum atomic E-state index is -4.67. The lowest BCUT2D eigenvalue weighted by Gasteiger charge is -2.16. The van der Waals surface area contributed by atoms with E-state index < -0.39 is 29.5 Å². The summed E-state index contributed by atoms with van der Waals surface area (Å²) in [5, 5.41) is 8.89. The molecule has 1 aliphatic carbocycles. The summed E-state index contributed by atoms with van der Waals surface area (Å²) in [7, 11) is -7.06. The third kappa shape index (κ3) is 7.90. The molecule has 0 bridgehead atoms. The van der Waals surface area contributed by atoms with E-state index in [1.54, 1.807) is 50.3 Å². The number of alkyl halides is 3. The van der Waals surface area contributed by atoms with Crippen LogP contribution in [0.3, 0.4) is 0 Å². The molecular weight excluding hydrogens is 546 g/mol. The van der Waals surface area contributed by atoms with Gasteiger partial charge in [0.05, 0.1) is 30.0 Å². The van der Waals surface area contributed by atoms with E-state index in [1.165, 1.54) is 12.2 Å². The molecule has 0 spiro atoms. The Hall–Kier alpha value is -2.70.